The number of aromatic nitrogens is 8. The van der Waals surface area contributed by atoms with Crippen LogP contribution in [0.25, 0.3) is 11.2 Å². The molecule has 0 unspecified atom stereocenters. The normalized spacial score (nSPS) is 15.5. The Balaban J connectivity index is 1.37. The standard InChI is InChI=1S/C24H31FN10O2/c1-5-6-18(20-27-28-29-35(20)15-16-7-9-17(25)10-8-16)33-11-13-34(14-12-33)23-26-19-21(30(23)2)31(3)24(37)32(4)22(19)36/h7-10,18H,5-6,11-15H2,1-4H3/t18-/m0/s1. The van der Waals surface area contributed by atoms with Gasteiger partial charge in [-0.15, -0.1) is 5.10 Å². The number of rotatable bonds is 7. The molecule has 1 aliphatic rings. The minimum Gasteiger partial charge on any atom is -0.340 e. The van der Waals surface area contributed by atoms with Crippen LogP contribution in [0, 0.1) is 5.82 Å². The van der Waals surface area contributed by atoms with E-state index in [2.05, 4.69) is 37.2 Å². The molecular weight excluding hydrogens is 479 g/mol. The summed E-state index contributed by atoms with van der Waals surface area (Å²) in [6.45, 7) is 5.52. The number of fused-ring (bicyclic) bond motifs is 1. The number of piperazine rings is 1. The highest BCUT2D eigenvalue weighted by Gasteiger charge is 2.30. The van der Waals surface area contributed by atoms with Gasteiger partial charge >= 0.3 is 5.69 Å². The van der Waals surface area contributed by atoms with Crippen LogP contribution < -0.4 is 16.1 Å². The maximum Gasteiger partial charge on any atom is 0.332 e. The molecule has 4 aromatic rings. The van der Waals surface area contributed by atoms with Gasteiger partial charge in [0.15, 0.2) is 17.0 Å². The molecule has 5 rings (SSSR count). The van der Waals surface area contributed by atoms with Crippen LogP contribution in [0.1, 0.15) is 37.2 Å². The molecular formula is C24H31FN10O2. The first-order valence-corrected chi connectivity index (χ1v) is 12.4. The molecule has 37 heavy (non-hydrogen) atoms. The number of hydrogen-bond donors (Lipinski definition) is 0. The van der Waals surface area contributed by atoms with E-state index in [1.807, 2.05) is 11.6 Å². The number of halogens is 1. The van der Waals surface area contributed by atoms with Crippen molar-refractivity contribution in [1.29, 1.82) is 0 Å². The molecule has 0 amide bonds. The van der Waals surface area contributed by atoms with Crippen molar-refractivity contribution in [2.45, 2.75) is 32.4 Å². The fourth-order valence-corrected chi connectivity index (χ4v) is 5.16. The fraction of sp³-hybridized carbons (Fsp3) is 0.500. The SMILES string of the molecule is CCC[C@@H](c1nnnn1Cc1ccc(F)cc1)N1CCN(c2nc3c(=O)n(C)c(=O)n(C)c3n2C)CC1. The van der Waals surface area contributed by atoms with Crippen molar-refractivity contribution < 1.29 is 4.39 Å². The van der Waals surface area contributed by atoms with Crippen molar-refractivity contribution in [3.8, 4) is 0 Å². The zero-order chi connectivity index (χ0) is 26.3. The summed E-state index contributed by atoms with van der Waals surface area (Å²) in [6.07, 6.45) is 1.87. The fourth-order valence-electron chi connectivity index (χ4n) is 5.16. The Morgan fingerprint density at radius 3 is 2.35 bits per heavy atom. The molecule has 0 saturated carbocycles. The molecule has 1 aliphatic heterocycles. The zero-order valence-corrected chi connectivity index (χ0v) is 21.5. The lowest BCUT2D eigenvalue weighted by molar-refractivity contribution is 0.164. The highest BCUT2D eigenvalue weighted by atomic mass is 19.1. The third-order valence-corrected chi connectivity index (χ3v) is 7.14. The maximum absolute atomic E-state index is 13.3. The zero-order valence-electron chi connectivity index (χ0n) is 21.5. The van der Waals surface area contributed by atoms with E-state index in [1.54, 1.807) is 23.9 Å². The molecule has 13 heteroatoms. The Bertz CT molecular complexity index is 1530. The average Bonchev–Trinajstić information content (AvgIpc) is 3.50. The Labute approximate surface area is 212 Å². The van der Waals surface area contributed by atoms with E-state index in [0.29, 0.717) is 31.2 Å². The lowest BCUT2D eigenvalue weighted by atomic mass is 10.1. The smallest absolute Gasteiger partial charge is 0.332 e. The highest BCUT2D eigenvalue weighted by molar-refractivity contribution is 5.74. The van der Waals surface area contributed by atoms with Gasteiger partial charge in [0.2, 0.25) is 5.95 Å². The van der Waals surface area contributed by atoms with Crippen molar-refractivity contribution in [3.63, 3.8) is 0 Å². The summed E-state index contributed by atoms with van der Waals surface area (Å²) in [5.74, 6) is 1.19. The first-order valence-electron chi connectivity index (χ1n) is 12.4. The van der Waals surface area contributed by atoms with Gasteiger partial charge in [0.25, 0.3) is 5.56 Å². The minimum atomic E-state index is -0.394. The van der Waals surface area contributed by atoms with Gasteiger partial charge in [-0.1, -0.05) is 25.5 Å². The molecule has 1 aromatic carbocycles. The van der Waals surface area contributed by atoms with Gasteiger partial charge in [0, 0.05) is 47.3 Å². The van der Waals surface area contributed by atoms with Gasteiger partial charge in [-0.2, -0.15) is 0 Å². The number of hydrogen-bond acceptors (Lipinski definition) is 8. The molecule has 0 spiro atoms. The van der Waals surface area contributed by atoms with Crippen LogP contribution in [0.4, 0.5) is 10.3 Å². The third kappa shape index (κ3) is 4.43. The molecule has 0 bridgehead atoms. The van der Waals surface area contributed by atoms with Gasteiger partial charge in [-0.3, -0.25) is 23.4 Å². The van der Waals surface area contributed by atoms with E-state index in [9.17, 15) is 14.0 Å². The largest absolute Gasteiger partial charge is 0.340 e. The van der Waals surface area contributed by atoms with E-state index in [4.69, 9.17) is 0 Å². The van der Waals surface area contributed by atoms with Crippen molar-refractivity contribution in [3.05, 3.63) is 62.3 Å². The Kier molecular flexibility index (Phi) is 6.63. The van der Waals surface area contributed by atoms with Crippen LogP contribution >= 0.6 is 0 Å². The molecule has 3 aromatic heterocycles. The third-order valence-electron chi connectivity index (χ3n) is 7.14. The summed E-state index contributed by atoms with van der Waals surface area (Å²) in [4.78, 5) is 34.3. The Hall–Kier alpha value is -3.87. The van der Waals surface area contributed by atoms with Gasteiger partial charge in [-0.25, -0.2) is 18.9 Å². The van der Waals surface area contributed by atoms with E-state index in [-0.39, 0.29) is 23.1 Å². The number of anilines is 1. The summed E-state index contributed by atoms with van der Waals surface area (Å²) in [6, 6.07) is 6.41. The summed E-state index contributed by atoms with van der Waals surface area (Å²) in [5, 5.41) is 12.5. The summed E-state index contributed by atoms with van der Waals surface area (Å²) < 4.78 is 19.5. The van der Waals surface area contributed by atoms with E-state index in [1.165, 1.54) is 23.7 Å². The van der Waals surface area contributed by atoms with Crippen molar-refractivity contribution in [2.24, 2.45) is 21.1 Å². The minimum absolute atomic E-state index is 0.0381. The number of tetrazole rings is 1. The van der Waals surface area contributed by atoms with Gasteiger partial charge in [0.1, 0.15) is 5.82 Å². The van der Waals surface area contributed by atoms with Crippen molar-refractivity contribution in [1.82, 2.24) is 43.8 Å². The molecule has 0 radical (unpaired) electrons. The molecule has 0 aliphatic carbocycles. The topological polar surface area (TPSA) is 112 Å². The molecule has 12 nitrogen and oxygen atoms in total. The summed E-state index contributed by atoms with van der Waals surface area (Å²) in [5.41, 5.74) is 0.951. The number of nitrogens with zero attached hydrogens (tertiary/aromatic N) is 10. The molecule has 1 atom stereocenters. The second kappa shape index (κ2) is 9.88. The van der Waals surface area contributed by atoms with Crippen LogP contribution in [-0.2, 0) is 27.7 Å². The summed E-state index contributed by atoms with van der Waals surface area (Å²) in [7, 11) is 4.95. The quantitative estimate of drug-likeness (QED) is 0.359. The molecule has 196 valence electrons. The first kappa shape index (κ1) is 24.8. The first-order chi connectivity index (χ1) is 17.8. The lowest BCUT2D eigenvalue weighted by Crippen LogP contribution is -2.48. The predicted octanol–water partition coefficient (Wildman–Crippen LogP) is 0.808. The average molecular weight is 511 g/mol. The Morgan fingerprint density at radius 2 is 1.68 bits per heavy atom. The van der Waals surface area contributed by atoms with Gasteiger partial charge in [-0.05, 0) is 34.5 Å². The predicted molar refractivity (Wildman–Crippen MR) is 136 cm³/mol. The highest BCUT2D eigenvalue weighted by Crippen LogP contribution is 2.27. The lowest BCUT2D eigenvalue weighted by Gasteiger charge is -2.39. The van der Waals surface area contributed by atoms with Gasteiger partial charge in [0.05, 0.1) is 12.6 Å². The molecule has 1 fully saturated rings. The Morgan fingerprint density at radius 1 is 0.973 bits per heavy atom. The van der Waals surface area contributed by atoms with Crippen molar-refractivity contribution in [2.75, 3.05) is 31.1 Å². The van der Waals surface area contributed by atoms with Gasteiger partial charge < -0.3 is 4.90 Å². The molecule has 1 saturated heterocycles. The van der Waals surface area contributed by atoms with E-state index >= 15 is 0 Å². The molecule has 4 heterocycles. The number of imidazole rings is 1. The van der Waals surface area contributed by atoms with E-state index < -0.39 is 5.56 Å². The summed E-state index contributed by atoms with van der Waals surface area (Å²) >= 11 is 0. The van der Waals surface area contributed by atoms with Crippen molar-refractivity contribution >= 4 is 17.1 Å². The monoisotopic (exact) mass is 510 g/mol. The van der Waals surface area contributed by atoms with E-state index in [0.717, 1.165) is 41.9 Å². The second-order valence-electron chi connectivity index (χ2n) is 9.50. The number of benzene rings is 1. The second-order valence-corrected chi connectivity index (χ2v) is 9.50. The van der Waals surface area contributed by atoms with Crippen LogP contribution in [0.15, 0.2) is 33.9 Å². The van der Waals surface area contributed by atoms with Crippen LogP contribution in [-0.4, -0.2) is 70.0 Å². The molecule has 0 N–H and O–H groups in total. The maximum atomic E-state index is 13.3. The van der Waals surface area contributed by atoms with Crippen LogP contribution in [0.5, 0.6) is 0 Å². The van der Waals surface area contributed by atoms with Crippen LogP contribution in [0.2, 0.25) is 0 Å². The number of aryl methyl sites for hydroxylation is 2. The van der Waals surface area contributed by atoms with Crippen LogP contribution in [0.3, 0.4) is 0 Å².